The van der Waals surface area contributed by atoms with Crippen molar-refractivity contribution in [1.29, 1.82) is 0 Å². The molecule has 1 atom stereocenters. The summed E-state index contributed by atoms with van der Waals surface area (Å²) in [6.07, 6.45) is 1.39. The fourth-order valence-electron chi connectivity index (χ4n) is 0.880. The van der Waals surface area contributed by atoms with Gasteiger partial charge in [-0.25, -0.2) is 0 Å². The van der Waals surface area contributed by atoms with Crippen molar-refractivity contribution in [3.05, 3.63) is 0 Å². The molecule has 1 fully saturated rings. The van der Waals surface area contributed by atoms with Crippen LogP contribution in [0.4, 0.5) is 0 Å². The van der Waals surface area contributed by atoms with Crippen molar-refractivity contribution >= 4 is 0 Å². The molecular formula is C6H13N. The molecule has 1 heterocycles. The fraction of sp³-hybridized carbons (Fsp3) is 1.00. The molecule has 1 aliphatic heterocycles. The lowest BCUT2D eigenvalue weighted by molar-refractivity contribution is 0.291. The van der Waals surface area contributed by atoms with E-state index in [1.807, 2.05) is 0 Å². The van der Waals surface area contributed by atoms with Gasteiger partial charge in [0.1, 0.15) is 0 Å². The summed E-state index contributed by atoms with van der Waals surface area (Å²) in [5.74, 6) is 0.841. The van der Waals surface area contributed by atoms with Crippen LogP contribution in [0.1, 0.15) is 20.3 Å². The minimum Gasteiger partial charge on any atom is -0.314 e. The van der Waals surface area contributed by atoms with Crippen LogP contribution in [0.15, 0.2) is 0 Å². The molecule has 0 aromatic carbocycles. The van der Waals surface area contributed by atoms with Gasteiger partial charge in [0.05, 0.1) is 0 Å². The molecule has 1 aliphatic rings. The maximum atomic E-state index is 3.34. The standard InChI is InChI=1S/C6H13N/c1-5(2)6-3-4-7-6/h5-7H,3-4H2,1-2H3/t6-/m0/s1. The second-order valence-electron chi connectivity index (χ2n) is 2.59. The number of hydrogen-bond acceptors (Lipinski definition) is 1. The maximum absolute atomic E-state index is 3.34. The first-order valence-corrected chi connectivity index (χ1v) is 3.04. The van der Waals surface area contributed by atoms with E-state index in [1.165, 1.54) is 13.0 Å². The summed E-state index contributed by atoms with van der Waals surface area (Å²) in [6.45, 7) is 5.76. The zero-order valence-corrected chi connectivity index (χ0v) is 5.07. The first kappa shape index (κ1) is 5.10. The molecule has 1 heteroatoms. The molecule has 7 heavy (non-hydrogen) atoms. The molecule has 0 aromatic heterocycles. The lowest BCUT2D eigenvalue weighted by Crippen LogP contribution is -2.46. The molecule has 0 bridgehead atoms. The molecule has 42 valence electrons. The van der Waals surface area contributed by atoms with Crippen molar-refractivity contribution in [1.82, 2.24) is 5.32 Å². The monoisotopic (exact) mass is 99.1 g/mol. The molecular weight excluding hydrogens is 86.1 g/mol. The molecule has 1 rings (SSSR count). The highest BCUT2D eigenvalue weighted by molar-refractivity contribution is 4.79. The predicted octanol–water partition coefficient (Wildman–Crippen LogP) is 1.00. The third-order valence-electron chi connectivity index (χ3n) is 1.67. The average Bonchev–Trinajstić information content (AvgIpc) is 1.23. The fourth-order valence-corrected chi connectivity index (χ4v) is 0.880. The molecule has 0 spiro atoms. The minimum absolute atomic E-state index is 0.833. The van der Waals surface area contributed by atoms with Crippen LogP contribution in [0.25, 0.3) is 0 Å². The molecule has 1 N–H and O–H groups in total. The van der Waals surface area contributed by atoms with Gasteiger partial charge in [-0.3, -0.25) is 0 Å². The Hall–Kier alpha value is -0.0400. The van der Waals surface area contributed by atoms with Crippen LogP contribution in [0.5, 0.6) is 0 Å². The summed E-state index contributed by atoms with van der Waals surface area (Å²) in [6, 6.07) is 0.833. The first-order valence-electron chi connectivity index (χ1n) is 3.04. The van der Waals surface area contributed by atoms with Gasteiger partial charge >= 0.3 is 0 Å². The molecule has 1 nitrogen and oxygen atoms in total. The maximum Gasteiger partial charge on any atom is 0.0102 e. The summed E-state index contributed by atoms with van der Waals surface area (Å²) >= 11 is 0. The van der Waals surface area contributed by atoms with Crippen molar-refractivity contribution in [3.63, 3.8) is 0 Å². The van der Waals surface area contributed by atoms with E-state index in [1.54, 1.807) is 0 Å². The summed E-state index contributed by atoms with van der Waals surface area (Å²) in [4.78, 5) is 0. The highest BCUT2D eigenvalue weighted by Crippen LogP contribution is 2.11. The third kappa shape index (κ3) is 0.942. The van der Waals surface area contributed by atoms with Crippen molar-refractivity contribution in [2.45, 2.75) is 26.3 Å². The van der Waals surface area contributed by atoms with Crippen LogP contribution >= 0.6 is 0 Å². The number of nitrogens with one attached hydrogen (secondary N) is 1. The predicted molar refractivity (Wildman–Crippen MR) is 31.2 cm³/mol. The van der Waals surface area contributed by atoms with Gasteiger partial charge in [-0.1, -0.05) is 13.8 Å². The summed E-state index contributed by atoms with van der Waals surface area (Å²) in [7, 11) is 0. The van der Waals surface area contributed by atoms with E-state index in [0.29, 0.717) is 0 Å². The smallest absolute Gasteiger partial charge is 0.0102 e. The van der Waals surface area contributed by atoms with E-state index < -0.39 is 0 Å². The molecule has 1 saturated heterocycles. The summed E-state index contributed by atoms with van der Waals surface area (Å²) < 4.78 is 0. The Morgan fingerprint density at radius 3 is 2.14 bits per heavy atom. The van der Waals surface area contributed by atoms with Crippen LogP contribution in [0.3, 0.4) is 0 Å². The Morgan fingerprint density at radius 1 is 1.57 bits per heavy atom. The van der Waals surface area contributed by atoms with Gasteiger partial charge in [0.2, 0.25) is 0 Å². The normalized spacial score (nSPS) is 30.4. The first-order chi connectivity index (χ1) is 3.30. The third-order valence-corrected chi connectivity index (χ3v) is 1.67. The Labute approximate surface area is 45.1 Å². The zero-order valence-electron chi connectivity index (χ0n) is 5.07. The van der Waals surface area contributed by atoms with Crippen molar-refractivity contribution in [3.8, 4) is 0 Å². The van der Waals surface area contributed by atoms with E-state index >= 15 is 0 Å². The van der Waals surface area contributed by atoms with Gasteiger partial charge in [0.15, 0.2) is 0 Å². The van der Waals surface area contributed by atoms with Crippen LogP contribution in [-0.2, 0) is 0 Å². The zero-order chi connectivity index (χ0) is 5.28. The van der Waals surface area contributed by atoms with Crippen LogP contribution < -0.4 is 5.32 Å². The quantitative estimate of drug-likeness (QED) is 0.517. The summed E-state index contributed by atoms with van der Waals surface area (Å²) in [5.41, 5.74) is 0. The molecule has 0 radical (unpaired) electrons. The Kier molecular flexibility index (Phi) is 1.33. The van der Waals surface area contributed by atoms with Crippen molar-refractivity contribution in [2.24, 2.45) is 5.92 Å². The van der Waals surface area contributed by atoms with Gasteiger partial charge in [-0.2, -0.15) is 0 Å². The lowest BCUT2D eigenvalue weighted by atomic mass is 9.95. The second-order valence-corrected chi connectivity index (χ2v) is 2.59. The Morgan fingerprint density at radius 2 is 2.14 bits per heavy atom. The average molecular weight is 99.2 g/mol. The highest BCUT2D eigenvalue weighted by Gasteiger charge is 2.18. The van der Waals surface area contributed by atoms with Crippen LogP contribution in [0, 0.1) is 5.92 Å². The topological polar surface area (TPSA) is 12.0 Å². The van der Waals surface area contributed by atoms with E-state index in [0.717, 1.165) is 12.0 Å². The van der Waals surface area contributed by atoms with E-state index in [2.05, 4.69) is 19.2 Å². The Balaban J connectivity index is 2.14. The molecule has 0 saturated carbocycles. The van der Waals surface area contributed by atoms with Gasteiger partial charge in [0, 0.05) is 6.04 Å². The minimum atomic E-state index is 0.833. The SMILES string of the molecule is CC(C)[C@@H]1CCN1. The van der Waals surface area contributed by atoms with E-state index in [-0.39, 0.29) is 0 Å². The molecule has 0 aliphatic carbocycles. The lowest BCUT2D eigenvalue weighted by Gasteiger charge is -2.30. The van der Waals surface area contributed by atoms with Gasteiger partial charge in [0.25, 0.3) is 0 Å². The second kappa shape index (κ2) is 1.83. The number of hydrogen-bond donors (Lipinski definition) is 1. The highest BCUT2D eigenvalue weighted by atomic mass is 15.0. The molecule has 0 unspecified atom stereocenters. The van der Waals surface area contributed by atoms with Crippen molar-refractivity contribution in [2.75, 3.05) is 6.54 Å². The largest absolute Gasteiger partial charge is 0.314 e. The molecule has 0 aromatic rings. The Bertz CT molecular complexity index is 55.2. The van der Waals surface area contributed by atoms with Crippen LogP contribution in [-0.4, -0.2) is 12.6 Å². The van der Waals surface area contributed by atoms with Gasteiger partial charge < -0.3 is 5.32 Å². The van der Waals surface area contributed by atoms with Gasteiger partial charge in [-0.05, 0) is 18.9 Å². The van der Waals surface area contributed by atoms with Crippen molar-refractivity contribution < 1.29 is 0 Å². The van der Waals surface area contributed by atoms with Crippen LogP contribution in [0.2, 0.25) is 0 Å². The number of rotatable bonds is 1. The molecule has 0 amide bonds. The summed E-state index contributed by atoms with van der Waals surface area (Å²) in [5, 5.41) is 3.34. The van der Waals surface area contributed by atoms with E-state index in [9.17, 15) is 0 Å². The van der Waals surface area contributed by atoms with Gasteiger partial charge in [-0.15, -0.1) is 0 Å². The van der Waals surface area contributed by atoms with E-state index in [4.69, 9.17) is 0 Å².